The van der Waals surface area contributed by atoms with E-state index in [1.807, 2.05) is 6.92 Å². The highest BCUT2D eigenvalue weighted by Crippen LogP contribution is 2.25. The van der Waals surface area contributed by atoms with Gasteiger partial charge in [-0.1, -0.05) is 11.6 Å². The first kappa shape index (κ1) is 13.4. The summed E-state index contributed by atoms with van der Waals surface area (Å²) in [4.78, 5) is 4.11. The molecule has 0 fully saturated rings. The van der Waals surface area contributed by atoms with Crippen molar-refractivity contribution in [2.24, 2.45) is 5.73 Å². The van der Waals surface area contributed by atoms with Gasteiger partial charge in [0.05, 0.1) is 5.02 Å². The monoisotopic (exact) mass is 279 g/mol. The first-order valence-electron chi connectivity index (χ1n) is 5.75. The van der Waals surface area contributed by atoms with Gasteiger partial charge in [-0.25, -0.2) is 9.67 Å². The minimum atomic E-state index is -0.0285. The summed E-state index contributed by atoms with van der Waals surface area (Å²) in [5, 5.41) is 11.8. The Morgan fingerprint density at radius 3 is 2.95 bits per heavy atom. The predicted molar refractivity (Wildman–Crippen MR) is 72.5 cm³/mol. The molecule has 0 bridgehead atoms. The smallest absolute Gasteiger partial charge is 0.164 e. The highest BCUT2D eigenvalue weighted by atomic mass is 35.5. The SMILES string of the molecule is CCn1ncnc1COc1ccc(C(=N)N)cc1Cl. The summed E-state index contributed by atoms with van der Waals surface area (Å²) in [7, 11) is 0. The number of aromatic nitrogens is 3. The molecule has 19 heavy (non-hydrogen) atoms. The summed E-state index contributed by atoms with van der Waals surface area (Å²) >= 11 is 6.07. The molecule has 0 saturated carbocycles. The Labute approximate surface area is 115 Å². The Kier molecular flexibility index (Phi) is 4.01. The van der Waals surface area contributed by atoms with Crippen LogP contribution in [0.3, 0.4) is 0 Å². The molecule has 0 aliphatic heterocycles. The van der Waals surface area contributed by atoms with E-state index in [0.717, 1.165) is 12.4 Å². The third kappa shape index (κ3) is 3.03. The average Bonchev–Trinajstić information content (AvgIpc) is 2.84. The van der Waals surface area contributed by atoms with Crippen LogP contribution in [0.15, 0.2) is 24.5 Å². The van der Waals surface area contributed by atoms with Crippen LogP contribution < -0.4 is 10.5 Å². The van der Waals surface area contributed by atoms with E-state index < -0.39 is 0 Å². The summed E-state index contributed by atoms with van der Waals surface area (Å²) in [6.45, 7) is 3.00. The van der Waals surface area contributed by atoms with Crippen LogP contribution >= 0.6 is 11.6 Å². The molecule has 0 aliphatic rings. The zero-order valence-electron chi connectivity index (χ0n) is 10.4. The van der Waals surface area contributed by atoms with Crippen LogP contribution in [-0.2, 0) is 13.2 Å². The number of hydrogen-bond acceptors (Lipinski definition) is 4. The summed E-state index contributed by atoms with van der Waals surface area (Å²) in [6.07, 6.45) is 1.49. The number of ether oxygens (including phenoxy) is 1. The number of aryl methyl sites for hydroxylation is 1. The first-order chi connectivity index (χ1) is 9.11. The van der Waals surface area contributed by atoms with E-state index in [1.54, 1.807) is 22.9 Å². The van der Waals surface area contributed by atoms with Gasteiger partial charge < -0.3 is 10.5 Å². The van der Waals surface area contributed by atoms with Gasteiger partial charge >= 0.3 is 0 Å². The average molecular weight is 280 g/mol. The molecular weight excluding hydrogens is 266 g/mol. The van der Waals surface area contributed by atoms with Crippen molar-refractivity contribution in [1.82, 2.24) is 14.8 Å². The topological polar surface area (TPSA) is 89.8 Å². The first-order valence-corrected chi connectivity index (χ1v) is 6.13. The molecule has 100 valence electrons. The number of rotatable bonds is 5. The van der Waals surface area contributed by atoms with Crippen molar-refractivity contribution in [2.75, 3.05) is 0 Å². The molecule has 1 heterocycles. The molecule has 0 radical (unpaired) electrons. The molecule has 0 amide bonds. The molecule has 0 spiro atoms. The van der Waals surface area contributed by atoms with Crippen molar-refractivity contribution in [1.29, 1.82) is 5.41 Å². The molecule has 3 N–H and O–H groups in total. The highest BCUT2D eigenvalue weighted by Gasteiger charge is 2.08. The maximum absolute atomic E-state index is 7.33. The van der Waals surface area contributed by atoms with Crippen molar-refractivity contribution in [3.05, 3.63) is 40.9 Å². The minimum Gasteiger partial charge on any atom is -0.484 e. The van der Waals surface area contributed by atoms with Crippen LogP contribution in [0.5, 0.6) is 5.75 Å². The normalized spacial score (nSPS) is 10.4. The van der Waals surface area contributed by atoms with Crippen LogP contribution in [0.1, 0.15) is 18.3 Å². The van der Waals surface area contributed by atoms with E-state index in [1.165, 1.54) is 6.33 Å². The second kappa shape index (κ2) is 5.71. The fourth-order valence-corrected chi connectivity index (χ4v) is 1.83. The molecule has 0 unspecified atom stereocenters. The van der Waals surface area contributed by atoms with Crippen molar-refractivity contribution in [3.63, 3.8) is 0 Å². The van der Waals surface area contributed by atoms with Gasteiger partial charge in [-0.3, -0.25) is 5.41 Å². The lowest BCUT2D eigenvalue weighted by Gasteiger charge is -2.09. The lowest BCUT2D eigenvalue weighted by Crippen LogP contribution is -2.11. The van der Waals surface area contributed by atoms with E-state index >= 15 is 0 Å². The number of halogens is 1. The van der Waals surface area contributed by atoms with Crippen LogP contribution in [-0.4, -0.2) is 20.6 Å². The molecule has 1 aromatic heterocycles. The summed E-state index contributed by atoms with van der Waals surface area (Å²) in [6, 6.07) is 4.98. The van der Waals surface area contributed by atoms with Gasteiger partial charge in [0, 0.05) is 12.1 Å². The Bertz CT molecular complexity index is 596. The van der Waals surface area contributed by atoms with Crippen molar-refractivity contribution in [3.8, 4) is 5.75 Å². The van der Waals surface area contributed by atoms with Gasteiger partial charge in [0.2, 0.25) is 0 Å². The third-order valence-corrected chi connectivity index (χ3v) is 2.89. The largest absolute Gasteiger partial charge is 0.484 e. The molecule has 0 atom stereocenters. The third-order valence-electron chi connectivity index (χ3n) is 2.59. The Hall–Kier alpha value is -2.08. The highest BCUT2D eigenvalue weighted by molar-refractivity contribution is 6.32. The molecule has 6 nitrogen and oxygen atoms in total. The number of amidine groups is 1. The number of benzene rings is 1. The standard InChI is InChI=1S/C12H14ClN5O/c1-2-18-11(16-7-17-18)6-19-10-4-3-8(12(14)15)5-9(10)13/h3-5,7H,2,6H2,1H3,(H3,14,15). The Morgan fingerprint density at radius 2 is 2.32 bits per heavy atom. The molecule has 2 aromatic rings. The predicted octanol–water partition coefficient (Wildman–Crippen LogP) is 1.81. The lowest BCUT2D eigenvalue weighted by molar-refractivity contribution is 0.287. The Morgan fingerprint density at radius 1 is 1.53 bits per heavy atom. The van der Waals surface area contributed by atoms with Crippen LogP contribution in [0, 0.1) is 5.41 Å². The second-order valence-electron chi connectivity index (χ2n) is 3.84. The fraction of sp³-hybridized carbons (Fsp3) is 0.250. The molecule has 2 rings (SSSR count). The Balaban J connectivity index is 2.10. The number of nitrogens with zero attached hydrogens (tertiary/aromatic N) is 3. The van der Waals surface area contributed by atoms with E-state index in [-0.39, 0.29) is 12.4 Å². The van der Waals surface area contributed by atoms with Crippen molar-refractivity contribution in [2.45, 2.75) is 20.1 Å². The summed E-state index contributed by atoms with van der Waals surface area (Å²) in [5.41, 5.74) is 5.95. The van der Waals surface area contributed by atoms with Gasteiger partial charge in [0.1, 0.15) is 24.5 Å². The zero-order chi connectivity index (χ0) is 13.8. The maximum atomic E-state index is 7.33. The van der Waals surface area contributed by atoms with Gasteiger partial charge in [0.25, 0.3) is 0 Å². The molecule has 0 aliphatic carbocycles. The van der Waals surface area contributed by atoms with E-state index in [4.69, 9.17) is 27.5 Å². The zero-order valence-corrected chi connectivity index (χ0v) is 11.2. The van der Waals surface area contributed by atoms with Gasteiger partial charge in [-0.2, -0.15) is 5.10 Å². The summed E-state index contributed by atoms with van der Waals surface area (Å²) in [5.74, 6) is 1.23. The van der Waals surface area contributed by atoms with E-state index in [2.05, 4.69) is 10.1 Å². The molecule has 0 saturated heterocycles. The number of nitrogens with two attached hydrogens (primary N) is 1. The molecular formula is C12H14ClN5O. The van der Waals surface area contributed by atoms with E-state index in [9.17, 15) is 0 Å². The molecule has 1 aromatic carbocycles. The van der Waals surface area contributed by atoms with Crippen molar-refractivity contribution < 1.29 is 4.74 Å². The maximum Gasteiger partial charge on any atom is 0.164 e. The van der Waals surface area contributed by atoms with Crippen molar-refractivity contribution >= 4 is 17.4 Å². The number of nitrogen functional groups attached to an aromatic ring is 1. The van der Waals surface area contributed by atoms with Crippen LogP contribution in [0.25, 0.3) is 0 Å². The van der Waals surface area contributed by atoms with Crippen LogP contribution in [0.2, 0.25) is 5.02 Å². The fourth-order valence-electron chi connectivity index (χ4n) is 1.59. The van der Waals surface area contributed by atoms with Gasteiger partial charge in [0.15, 0.2) is 5.82 Å². The lowest BCUT2D eigenvalue weighted by atomic mass is 10.2. The van der Waals surface area contributed by atoms with Gasteiger partial charge in [-0.15, -0.1) is 0 Å². The summed E-state index contributed by atoms with van der Waals surface area (Å²) < 4.78 is 7.34. The molecule has 7 heteroatoms. The quantitative estimate of drug-likeness (QED) is 0.645. The number of hydrogen-bond donors (Lipinski definition) is 2. The second-order valence-corrected chi connectivity index (χ2v) is 4.25. The van der Waals surface area contributed by atoms with Gasteiger partial charge in [-0.05, 0) is 25.1 Å². The van der Waals surface area contributed by atoms with E-state index in [0.29, 0.717) is 16.3 Å². The number of nitrogens with one attached hydrogen (secondary N) is 1. The van der Waals surface area contributed by atoms with Crippen LogP contribution in [0.4, 0.5) is 0 Å². The minimum absolute atomic E-state index is 0.0285.